The first-order valence-electron chi connectivity index (χ1n) is 8.11. The minimum atomic E-state index is 0.784. The molecule has 0 saturated heterocycles. The molecule has 0 saturated carbocycles. The van der Waals surface area contributed by atoms with E-state index in [-0.39, 0.29) is 0 Å². The molecule has 1 aliphatic rings. The molecule has 0 aliphatic heterocycles. The Morgan fingerprint density at radius 3 is 2.96 bits per heavy atom. The van der Waals surface area contributed by atoms with E-state index < -0.39 is 0 Å². The second-order valence-corrected chi connectivity index (χ2v) is 8.07. The predicted molar refractivity (Wildman–Crippen MR) is 104 cm³/mol. The van der Waals surface area contributed by atoms with Crippen LogP contribution in [0.4, 0.5) is 5.00 Å². The molecule has 3 aromatic rings. The number of aromatic nitrogens is 1. The number of aromatic amines is 1. The van der Waals surface area contributed by atoms with Gasteiger partial charge in [-0.2, -0.15) is 5.26 Å². The Balaban J connectivity index is 1.69. The van der Waals surface area contributed by atoms with Crippen molar-refractivity contribution < 1.29 is 0 Å². The van der Waals surface area contributed by atoms with Gasteiger partial charge in [0.15, 0.2) is 0 Å². The molecule has 0 bridgehead atoms. The molecule has 0 atom stereocenters. The lowest BCUT2D eigenvalue weighted by Gasteiger charge is -1.96. The number of halogens is 1. The number of nitriles is 1. The molecule has 3 nitrogen and oxygen atoms in total. The maximum atomic E-state index is 9.57. The first-order valence-corrected chi connectivity index (χ1v) is 9.72. The van der Waals surface area contributed by atoms with Gasteiger partial charge in [-0.15, -0.1) is 11.3 Å². The van der Waals surface area contributed by atoms with Crippen LogP contribution in [0.1, 0.15) is 41.0 Å². The van der Waals surface area contributed by atoms with Crippen molar-refractivity contribution in [1.29, 1.82) is 5.26 Å². The van der Waals surface area contributed by atoms with Crippen LogP contribution in [0, 0.1) is 11.3 Å². The minimum Gasteiger partial charge on any atom is -0.354 e. The summed E-state index contributed by atoms with van der Waals surface area (Å²) >= 11 is 5.18. The summed E-state index contributed by atoms with van der Waals surface area (Å²) in [4.78, 5) is 9.34. The van der Waals surface area contributed by atoms with Crippen LogP contribution in [0.5, 0.6) is 0 Å². The van der Waals surface area contributed by atoms with Gasteiger partial charge in [-0.25, -0.2) is 4.99 Å². The fourth-order valence-corrected chi connectivity index (χ4v) is 4.82. The van der Waals surface area contributed by atoms with Crippen molar-refractivity contribution in [3.63, 3.8) is 0 Å². The molecule has 0 spiro atoms. The van der Waals surface area contributed by atoms with Crippen LogP contribution in [-0.2, 0) is 12.8 Å². The van der Waals surface area contributed by atoms with E-state index in [0.717, 1.165) is 44.5 Å². The number of H-pyrrole nitrogens is 1. The molecule has 0 unspecified atom stereocenters. The van der Waals surface area contributed by atoms with E-state index in [4.69, 9.17) is 0 Å². The zero-order valence-electron chi connectivity index (χ0n) is 13.1. The van der Waals surface area contributed by atoms with Crippen LogP contribution in [0.3, 0.4) is 0 Å². The van der Waals surface area contributed by atoms with Gasteiger partial charge in [-0.05, 0) is 55.5 Å². The minimum absolute atomic E-state index is 0.784. The number of aliphatic imine (C=N–C) groups is 1. The maximum absolute atomic E-state index is 9.57. The largest absolute Gasteiger partial charge is 0.354 e. The van der Waals surface area contributed by atoms with Gasteiger partial charge >= 0.3 is 0 Å². The number of hydrogen-bond donors (Lipinski definition) is 1. The molecule has 2 heterocycles. The third-order valence-corrected chi connectivity index (χ3v) is 6.13. The number of thiophene rings is 1. The molecule has 24 heavy (non-hydrogen) atoms. The predicted octanol–water partition coefficient (Wildman–Crippen LogP) is 5.88. The highest BCUT2D eigenvalue weighted by Crippen LogP contribution is 2.38. The lowest BCUT2D eigenvalue weighted by molar-refractivity contribution is 0.712. The van der Waals surface area contributed by atoms with Crippen molar-refractivity contribution in [2.75, 3.05) is 0 Å². The van der Waals surface area contributed by atoms with Gasteiger partial charge in [0.1, 0.15) is 11.1 Å². The summed E-state index contributed by atoms with van der Waals surface area (Å²) in [5.41, 5.74) is 4.07. The summed E-state index contributed by atoms with van der Waals surface area (Å²) in [6.07, 6.45) is 7.60. The average Bonchev–Trinajstić information content (AvgIpc) is 3.05. The van der Waals surface area contributed by atoms with E-state index in [1.165, 1.54) is 29.7 Å². The molecule has 1 aliphatic carbocycles. The molecule has 120 valence electrons. The maximum Gasteiger partial charge on any atom is 0.134 e. The van der Waals surface area contributed by atoms with Crippen LogP contribution in [0.2, 0.25) is 0 Å². The lowest BCUT2D eigenvalue weighted by atomic mass is 10.1. The van der Waals surface area contributed by atoms with Crippen LogP contribution < -0.4 is 0 Å². The van der Waals surface area contributed by atoms with Crippen LogP contribution in [-0.4, -0.2) is 11.2 Å². The Morgan fingerprint density at radius 2 is 2.08 bits per heavy atom. The van der Waals surface area contributed by atoms with E-state index in [0.29, 0.717) is 0 Å². The second kappa shape index (κ2) is 6.54. The average molecular weight is 398 g/mol. The van der Waals surface area contributed by atoms with Gasteiger partial charge in [0.2, 0.25) is 0 Å². The van der Waals surface area contributed by atoms with E-state index >= 15 is 0 Å². The summed E-state index contributed by atoms with van der Waals surface area (Å²) in [6.45, 7) is 0. The van der Waals surface area contributed by atoms with Gasteiger partial charge in [-0.3, -0.25) is 0 Å². The molecule has 1 N–H and O–H groups in total. The summed E-state index contributed by atoms with van der Waals surface area (Å²) in [7, 11) is 0. The lowest BCUT2D eigenvalue weighted by Crippen LogP contribution is -1.87. The fraction of sp³-hybridized carbons (Fsp3) is 0.263. The van der Waals surface area contributed by atoms with E-state index in [9.17, 15) is 5.26 Å². The normalized spacial score (nSPS) is 14.7. The van der Waals surface area contributed by atoms with Crippen molar-refractivity contribution in [3.05, 3.63) is 50.4 Å². The summed E-state index contributed by atoms with van der Waals surface area (Å²) < 4.78 is 1.06. The van der Waals surface area contributed by atoms with Gasteiger partial charge in [0.05, 0.1) is 17.5 Å². The first kappa shape index (κ1) is 15.6. The summed E-state index contributed by atoms with van der Waals surface area (Å²) in [5, 5.41) is 11.6. The molecule has 1 aromatic carbocycles. The Hall–Kier alpha value is -1.90. The van der Waals surface area contributed by atoms with Crippen molar-refractivity contribution in [2.24, 2.45) is 4.99 Å². The van der Waals surface area contributed by atoms with Gasteiger partial charge in [0.25, 0.3) is 0 Å². The topological polar surface area (TPSA) is 51.9 Å². The fourth-order valence-electron chi connectivity index (χ4n) is 3.26. The van der Waals surface area contributed by atoms with E-state index in [2.05, 4.69) is 44.1 Å². The number of hydrogen-bond acceptors (Lipinski definition) is 3. The van der Waals surface area contributed by atoms with Crippen molar-refractivity contribution in [1.82, 2.24) is 4.98 Å². The molecule has 5 heteroatoms. The number of rotatable bonds is 2. The highest BCUT2D eigenvalue weighted by atomic mass is 79.9. The Kier molecular flexibility index (Phi) is 4.26. The second-order valence-electron chi connectivity index (χ2n) is 6.07. The zero-order valence-corrected chi connectivity index (χ0v) is 15.5. The smallest absolute Gasteiger partial charge is 0.134 e. The first-order chi connectivity index (χ1) is 11.7. The van der Waals surface area contributed by atoms with Gasteiger partial charge in [-0.1, -0.05) is 22.4 Å². The number of nitrogens with one attached hydrogen (secondary N) is 1. The summed E-state index contributed by atoms with van der Waals surface area (Å²) in [6, 6.07) is 10.6. The number of fused-ring (bicyclic) bond motifs is 2. The van der Waals surface area contributed by atoms with E-state index in [1.54, 1.807) is 11.3 Å². The monoisotopic (exact) mass is 397 g/mol. The third kappa shape index (κ3) is 2.92. The Labute approximate surface area is 153 Å². The quantitative estimate of drug-likeness (QED) is 0.425. The molecular formula is C19H16BrN3S. The molecule has 0 amide bonds. The van der Waals surface area contributed by atoms with Crippen molar-refractivity contribution >= 4 is 49.4 Å². The highest BCUT2D eigenvalue weighted by molar-refractivity contribution is 9.10. The molecule has 0 radical (unpaired) electrons. The van der Waals surface area contributed by atoms with Crippen molar-refractivity contribution in [2.45, 2.75) is 32.1 Å². The van der Waals surface area contributed by atoms with Gasteiger partial charge in [0, 0.05) is 20.3 Å². The number of aryl methyl sites for hydroxylation is 1. The van der Waals surface area contributed by atoms with Crippen LogP contribution in [0.25, 0.3) is 10.9 Å². The highest BCUT2D eigenvalue weighted by Gasteiger charge is 2.19. The Morgan fingerprint density at radius 1 is 1.21 bits per heavy atom. The molecule has 0 fully saturated rings. The van der Waals surface area contributed by atoms with Crippen molar-refractivity contribution in [3.8, 4) is 6.07 Å². The van der Waals surface area contributed by atoms with Crippen LogP contribution in [0.15, 0.2) is 33.7 Å². The van der Waals surface area contributed by atoms with Gasteiger partial charge < -0.3 is 4.98 Å². The van der Waals surface area contributed by atoms with Crippen LogP contribution >= 0.6 is 27.3 Å². The third-order valence-electron chi connectivity index (χ3n) is 4.44. The molecule has 2 aromatic heterocycles. The SMILES string of the molecule is N#Cc1c(/N=C/c2cc3cc(Br)ccc3[nH]2)sc2c1CCCCC2. The zero-order chi connectivity index (χ0) is 16.5. The van der Waals surface area contributed by atoms with E-state index in [1.807, 2.05) is 18.3 Å². The summed E-state index contributed by atoms with van der Waals surface area (Å²) in [5.74, 6) is 0. The number of nitrogens with zero attached hydrogens (tertiary/aromatic N) is 2. The molecule has 4 rings (SSSR count). The Bertz CT molecular complexity index is 975. The standard InChI is InChI=1S/C19H16BrN3S/c20-13-6-7-17-12(8-13)9-14(23-17)11-22-19-16(10-21)15-4-2-1-3-5-18(15)24-19/h6-9,11,23H,1-5H2/b22-11+. The molecular weight excluding hydrogens is 382 g/mol. The number of benzene rings is 1.